The van der Waals surface area contributed by atoms with Gasteiger partial charge in [-0.15, -0.1) is 11.3 Å². The van der Waals surface area contributed by atoms with E-state index in [1.54, 1.807) is 0 Å². The van der Waals surface area contributed by atoms with E-state index in [1.807, 2.05) is 11.3 Å². The SMILES string of the molecule is c1ccc(CNc2nc(CN3CCOCC3)nc3sc4c(c23)CCC4)cc1. The third-order valence-corrected chi connectivity index (χ3v) is 6.57. The number of nitrogens with one attached hydrogen (secondary N) is 1. The van der Waals surface area contributed by atoms with Gasteiger partial charge in [-0.1, -0.05) is 30.3 Å². The van der Waals surface area contributed by atoms with E-state index in [0.29, 0.717) is 0 Å². The van der Waals surface area contributed by atoms with Gasteiger partial charge < -0.3 is 10.1 Å². The average Bonchev–Trinajstić information content (AvgIpc) is 3.28. The van der Waals surface area contributed by atoms with Crippen molar-refractivity contribution in [2.75, 3.05) is 31.6 Å². The lowest BCUT2D eigenvalue weighted by atomic mass is 10.1. The van der Waals surface area contributed by atoms with Crippen LogP contribution in [0.15, 0.2) is 30.3 Å². The van der Waals surface area contributed by atoms with Crippen LogP contribution >= 0.6 is 11.3 Å². The van der Waals surface area contributed by atoms with E-state index >= 15 is 0 Å². The predicted octanol–water partition coefficient (Wildman–Crippen LogP) is 3.62. The van der Waals surface area contributed by atoms with Crippen molar-refractivity contribution in [1.29, 1.82) is 0 Å². The van der Waals surface area contributed by atoms with Gasteiger partial charge in [0.25, 0.3) is 0 Å². The number of aryl methyl sites for hydroxylation is 2. The van der Waals surface area contributed by atoms with Crippen molar-refractivity contribution < 1.29 is 4.74 Å². The Morgan fingerprint density at radius 2 is 1.93 bits per heavy atom. The van der Waals surface area contributed by atoms with Crippen LogP contribution in [0, 0.1) is 0 Å². The standard InChI is InChI=1S/C21H24N4OS/c1-2-5-15(6-3-1)13-22-20-19-16-7-4-8-17(16)27-21(19)24-18(23-20)14-25-9-11-26-12-10-25/h1-3,5-6H,4,7-14H2,(H,22,23,24). The van der Waals surface area contributed by atoms with Crippen molar-refractivity contribution in [3.8, 4) is 0 Å². The summed E-state index contributed by atoms with van der Waals surface area (Å²) in [4.78, 5) is 14.9. The lowest BCUT2D eigenvalue weighted by Gasteiger charge is -2.25. The fourth-order valence-electron chi connectivity index (χ4n) is 3.98. The molecule has 2 aromatic heterocycles. The van der Waals surface area contributed by atoms with Gasteiger partial charge in [0, 0.05) is 24.5 Å². The first-order valence-corrected chi connectivity index (χ1v) is 10.6. The predicted molar refractivity (Wildman–Crippen MR) is 109 cm³/mol. The number of nitrogens with zero attached hydrogens (tertiary/aromatic N) is 3. The summed E-state index contributed by atoms with van der Waals surface area (Å²) in [6.45, 7) is 5.09. The number of thiophene rings is 1. The number of fused-ring (bicyclic) bond motifs is 3. The van der Waals surface area contributed by atoms with Crippen LogP contribution in [-0.4, -0.2) is 41.2 Å². The molecule has 5 rings (SSSR count). The summed E-state index contributed by atoms with van der Waals surface area (Å²) in [5.74, 6) is 1.92. The first-order valence-electron chi connectivity index (χ1n) is 9.76. The molecule has 6 heteroatoms. The van der Waals surface area contributed by atoms with Gasteiger partial charge in [0.1, 0.15) is 16.5 Å². The Balaban J connectivity index is 1.47. The monoisotopic (exact) mass is 380 g/mol. The molecule has 0 amide bonds. The first-order chi connectivity index (χ1) is 13.4. The number of rotatable bonds is 5. The number of ether oxygens (including phenoxy) is 1. The minimum absolute atomic E-state index is 0.786. The number of morpholine rings is 1. The molecule has 1 N–H and O–H groups in total. The zero-order valence-electron chi connectivity index (χ0n) is 15.4. The van der Waals surface area contributed by atoms with Crippen LogP contribution in [0.25, 0.3) is 10.2 Å². The van der Waals surface area contributed by atoms with Crippen molar-refractivity contribution >= 4 is 27.4 Å². The second-order valence-corrected chi connectivity index (χ2v) is 8.34. The number of anilines is 1. The molecule has 3 heterocycles. The Hall–Kier alpha value is -2.02. The Morgan fingerprint density at radius 3 is 2.78 bits per heavy atom. The van der Waals surface area contributed by atoms with Crippen LogP contribution in [-0.2, 0) is 30.7 Å². The summed E-state index contributed by atoms with van der Waals surface area (Å²) in [5.41, 5.74) is 2.74. The van der Waals surface area contributed by atoms with Gasteiger partial charge in [0.2, 0.25) is 0 Å². The molecule has 3 aromatic rings. The Morgan fingerprint density at radius 1 is 1.07 bits per heavy atom. The highest BCUT2D eigenvalue weighted by molar-refractivity contribution is 7.19. The Labute approximate surface area is 163 Å². The summed E-state index contributed by atoms with van der Waals surface area (Å²) >= 11 is 1.86. The highest BCUT2D eigenvalue weighted by Crippen LogP contribution is 2.39. The maximum absolute atomic E-state index is 5.47. The first kappa shape index (κ1) is 17.1. The highest BCUT2D eigenvalue weighted by atomic mass is 32.1. The normalized spacial score (nSPS) is 17.3. The number of benzene rings is 1. The molecule has 0 bridgehead atoms. The highest BCUT2D eigenvalue weighted by Gasteiger charge is 2.23. The number of hydrogen-bond acceptors (Lipinski definition) is 6. The van der Waals surface area contributed by atoms with Gasteiger partial charge in [-0.25, -0.2) is 9.97 Å². The zero-order valence-corrected chi connectivity index (χ0v) is 16.2. The molecule has 1 saturated heterocycles. The van der Waals surface area contributed by atoms with E-state index in [0.717, 1.165) is 62.3 Å². The molecule has 0 saturated carbocycles. The molecule has 5 nitrogen and oxygen atoms in total. The lowest BCUT2D eigenvalue weighted by molar-refractivity contribution is 0.0331. The van der Waals surface area contributed by atoms with E-state index < -0.39 is 0 Å². The molecule has 0 unspecified atom stereocenters. The summed E-state index contributed by atoms with van der Waals surface area (Å²) in [7, 11) is 0. The van der Waals surface area contributed by atoms with Crippen LogP contribution in [0.4, 0.5) is 5.82 Å². The van der Waals surface area contributed by atoms with Gasteiger partial charge in [-0.05, 0) is 30.4 Å². The molecule has 1 aliphatic carbocycles. The van der Waals surface area contributed by atoms with Gasteiger partial charge in [-0.2, -0.15) is 0 Å². The fourth-order valence-corrected chi connectivity index (χ4v) is 5.26. The van der Waals surface area contributed by atoms with Crippen LogP contribution in [0.1, 0.15) is 28.2 Å². The van der Waals surface area contributed by atoms with Crippen LogP contribution in [0.2, 0.25) is 0 Å². The Bertz CT molecular complexity index is 934. The quantitative estimate of drug-likeness (QED) is 0.733. The minimum atomic E-state index is 0.786. The van der Waals surface area contributed by atoms with Crippen molar-refractivity contribution in [3.05, 3.63) is 52.2 Å². The summed E-state index contributed by atoms with van der Waals surface area (Å²) in [6.07, 6.45) is 3.60. The second-order valence-electron chi connectivity index (χ2n) is 7.25. The summed E-state index contributed by atoms with van der Waals surface area (Å²) in [6, 6.07) is 10.5. The van der Waals surface area contributed by atoms with E-state index in [2.05, 4.69) is 40.5 Å². The van der Waals surface area contributed by atoms with Gasteiger partial charge in [0.05, 0.1) is 25.1 Å². The van der Waals surface area contributed by atoms with Crippen molar-refractivity contribution in [1.82, 2.24) is 14.9 Å². The molecule has 1 aliphatic heterocycles. The Kier molecular flexibility index (Phi) is 4.78. The smallest absolute Gasteiger partial charge is 0.146 e. The topological polar surface area (TPSA) is 50.3 Å². The third kappa shape index (κ3) is 3.57. The van der Waals surface area contributed by atoms with Gasteiger partial charge >= 0.3 is 0 Å². The van der Waals surface area contributed by atoms with Gasteiger partial charge in [-0.3, -0.25) is 4.90 Å². The largest absolute Gasteiger partial charge is 0.379 e. The average molecular weight is 381 g/mol. The molecule has 1 aromatic carbocycles. The van der Waals surface area contributed by atoms with Gasteiger partial charge in [0.15, 0.2) is 0 Å². The van der Waals surface area contributed by atoms with E-state index in [-0.39, 0.29) is 0 Å². The van der Waals surface area contributed by atoms with Crippen LogP contribution < -0.4 is 5.32 Å². The van der Waals surface area contributed by atoms with E-state index in [4.69, 9.17) is 14.7 Å². The van der Waals surface area contributed by atoms with Crippen molar-refractivity contribution in [2.24, 2.45) is 0 Å². The summed E-state index contributed by atoms with van der Waals surface area (Å²) in [5, 5.41) is 4.87. The molecule has 0 atom stereocenters. The number of hydrogen-bond donors (Lipinski definition) is 1. The molecule has 0 radical (unpaired) electrons. The molecule has 140 valence electrons. The lowest BCUT2D eigenvalue weighted by Crippen LogP contribution is -2.36. The summed E-state index contributed by atoms with van der Waals surface area (Å²) < 4.78 is 5.47. The minimum Gasteiger partial charge on any atom is -0.379 e. The zero-order chi connectivity index (χ0) is 18.1. The molecular weight excluding hydrogens is 356 g/mol. The van der Waals surface area contributed by atoms with Crippen LogP contribution in [0.3, 0.4) is 0 Å². The molecule has 27 heavy (non-hydrogen) atoms. The third-order valence-electron chi connectivity index (χ3n) is 5.38. The van der Waals surface area contributed by atoms with E-state index in [9.17, 15) is 0 Å². The second kappa shape index (κ2) is 7.54. The van der Waals surface area contributed by atoms with E-state index in [1.165, 1.54) is 34.2 Å². The maximum Gasteiger partial charge on any atom is 0.146 e. The van der Waals surface area contributed by atoms with Crippen molar-refractivity contribution in [2.45, 2.75) is 32.4 Å². The molecule has 2 aliphatic rings. The van der Waals surface area contributed by atoms with Crippen molar-refractivity contribution in [3.63, 3.8) is 0 Å². The number of aromatic nitrogens is 2. The maximum atomic E-state index is 5.47. The fraction of sp³-hybridized carbons (Fsp3) is 0.429. The molecular formula is C21H24N4OS. The molecule has 1 fully saturated rings. The molecule has 0 spiro atoms. The van der Waals surface area contributed by atoms with Crippen LogP contribution in [0.5, 0.6) is 0 Å².